The second-order valence-corrected chi connectivity index (χ2v) is 5.75. The lowest BCUT2D eigenvalue weighted by Gasteiger charge is -2.09. The van der Waals surface area contributed by atoms with Gasteiger partial charge in [0.1, 0.15) is 23.7 Å². The van der Waals surface area contributed by atoms with E-state index in [4.69, 9.17) is 11.6 Å². The number of carbonyl (C=O) groups is 1. The van der Waals surface area contributed by atoms with Crippen LogP contribution in [0.2, 0.25) is 5.02 Å². The quantitative estimate of drug-likeness (QED) is 0.718. The van der Waals surface area contributed by atoms with Crippen molar-refractivity contribution < 1.29 is 9.18 Å². The molecule has 0 fully saturated rings. The van der Waals surface area contributed by atoms with Crippen LogP contribution in [-0.4, -0.2) is 15.9 Å². The maximum atomic E-state index is 13.2. The molecule has 3 aromatic rings. The van der Waals surface area contributed by atoms with E-state index in [1.165, 1.54) is 30.6 Å². The maximum Gasteiger partial charge on any atom is 0.274 e. The molecule has 1 aromatic heterocycles. The van der Waals surface area contributed by atoms with Gasteiger partial charge in [0.25, 0.3) is 5.91 Å². The number of rotatable bonds is 4. The van der Waals surface area contributed by atoms with Crippen LogP contribution in [0.25, 0.3) is 0 Å². The Kier molecular flexibility index (Phi) is 4.90. The summed E-state index contributed by atoms with van der Waals surface area (Å²) in [5.74, 6) is -0.448. The fraction of sp³-hybridized carbons (Fsp3) is 0.0556. The number of hydrogen-bond acceptors (Lipinski definition) is 4. The molecule has 5 nitrogen and oxygen atoms in total. The van der Waals surface area contributed by atoms with E-state index in [9.17, 15) is 9.18 Å². The Balaban J connectivity index is 1.76. The Morgan fingerprint density at radius 2 is 1.92 bits per heavy atom. The first-order valence-electron chi connectivity index (χ1n) is 7.43. The van der Waals surface area contributed by atoms with Crippen LogP contribution in [0, 0.1) is 12.7 Å². The van der Waals surface area contributed by atoms with E-state index in [-0.39, 0.29) is 5.69 Å². The molecule has 0 saturated heterocycles. The number of aryl methyl sites for hydroxylation is 1. The minimum Gasteiger partial charge on any atom is -0.340 e. The molecule has 0 bridgehead atoms. The third-order valence-corrected chi connectivity index (χ3v) is 3.83. The Hall–Kier alpha value is -2.99. The normalized spacial score (nSPS) is 10.4. The third kappa shape index (κ3) is 4.30. The number of aromatic nitrogens is 2. The van der Waals surface area contributed by atoms with Gasteiger partial charge in [-0.3, -0.25) is 4.79 Å². The Morgan fingerprint density at radius 1 is 1.08 bits per heavy atom. The summed E-state index contributed by atoms with van der Waals surface area (Å²) in [6, 6.07) is 12.6. The van der Waals surface area contributed by atoms with Gasteiger partial charge >= 0.3 is 0 Å². The van der Waals surface area contributed by atoms with Gasteiger partial charge in [-0.1, -0.05) is 23.7 Å². The molecule has 1 amide bonds. The molecule has 2 N–H and O–H groups in total. The zero-order valence-electron chi connectivity index (χ0n) is 13.3. The molecule has 0 spiro atoms. The van der Waals surface area contributed by atoms with Gasteiger partial charge in [0.2, 0.25) is 0 Å². The highest BCUT2D eigenvalue weighted by atomic mass is 35.5. The van der Waals surface area contributed by atoms with Crippen molar-refractivity contribution in [3.8, 4) is 0 Å². The number of anilines is 3. The van der Waals surface area contributed by atoms with E-state index in [2.05, 4.69) is 20.6 Å². The van der Waals surface area contributed by atoms with Gasteiger partial charge in [0, 0.05) is 22.5 Å². The van der Waals surface area contributed by atoms with Gasteiger partial charge in [-0.25, -0.2) is 14.4 Å². The SMILES string of the molecule is Cc1ccc(Nc2cc(C(=O)Nc3cccc(F)c3)ncn2)cc1Cl. The molecule has 0 saturated carbocycles. The average Bonchev–Trinajstić information content (AvgIpc) is 2.58. The van der Waals surface area contributed by atoms with E-state index in [0.29, 0.717) is 16.5 Å². The zero-order chi connectivity index (χ0) is 17.8. The molecule has 0 aliphatic rings. The number of amides is 1. The highest BCUT2D eigenvalue weighted by molar-refractivity contribution is 6.31. The molecule has 3 rings (SSSR count). The predicted molar refractivity (Wildman–Crippen MR) is 95.9 cm³/mol. The largest absolute Gasteiger partial charge is 0.340 e. The molecule has 126 valence electrons. The molecule has 0 radical (unpaired) electrons. The van der Waals surface area contributed by atoms with Gasteiger partial charge < -0.3 is 10.6 Å². The second-order valence-electron chi connectivity index (χ2n) is 5.34. The zero-order valence-corrected chi connectivity index (χ0v) is 14.0. The van der Waals surface area contributed by atoms with Crippen molar-refractivity contribution in [3.05, 3.63) is 77.0 Å². The second kappa shape index (κ2) is 7.27. The van der Waals surface area contributed by atoms with Gasteiger partial charge in [-0.2, -0.15) is 0 Å². The van der Waals surface area contributed by atoms with Gasteiger partial charge in [-0.15, -0.1) is 0 Å². The standard InChI is InChI=1S/C18H14ClFN4O/c1-11-5-6-14(8-15(11)19)23-17-9-16(21-10-22-17)18(25)24-13-4-2-3-12(20)7-13/h2-10H,1H3,(H,24,25)(H,21,22,23). The molecule has 2 aromatic carbocycles. The fourth-order valence-corrected chi connectivity index (χ4v) is 2.31. The summed E-state index contributed by atoms with van der Waals surface area (Å²) in [7, 11) is 0. The van der Waals surface area contributed by atoms with E-state index in [1.807, 2.05) is 19.1 Å². The summed E-state index contributed by atoms with van der Waals surface area (Å²) in [6.07, 6.45) is 1.28. The van der Waals surface area contributed by atoms with Crippen molar-refractivity contribution in [2.75, 3.05) is 10.6 Å². The first-order valence-corrected chi connectivity index (χ1v) is 7.81. The lowest BCUT2D eigenvalue weighted by Crippen LogP contribution is -2.14. The molecule has 1 heterocycles. The predicted octanol–water partition coefficient (Wildman–Crippen LogP) is 4.57. The Labute approximate surface area is 148 Å². The van der Waals surface area contributed by atoms with E-state index in [1.54, 1.807) is 12.1 Å². The summed E-state index contributed by atoms with van der Waals surface area (Å²) < 4.78 is 13.2. The summed E-state index contributed by atoms with van der Waals surface area (Å²) in [5, 5.41) is 6.28. The van der Waals surface area contributed by atoms with Crippen molar-refractivity contribution >= 4 is 34.7 Å². The Bertz CT molecular complexity index is 932. The smallest absolute Gasteiger partial charge is 0.274 e. The monoisotopic (exact) mass is 356 g/mol. The number of carbonyl (C=O) groups excluding carboxylic acids is 1. The highest BCUT2D eigenvalue weighted by Gasteiger charge is 2.10. The third-order valence-electron chi connectivity index (χ3n) is 3.43. The van der Waals surface area contributed by atoms with Crippen LogP contribution in [-0.2, 0) is 0 Å². The first-order chi connectivity index (χ1) is 12.0. The van der Waals surface area contributed by atoms with Crippen molar-refractivity contribution in [2.24, 2.45) is 0 Å². The van der Waals surface area contributed by atoms with E-state index >= 15 is 0 Å². The molecule has 0 atom stereocenters. The summed E-state index contributed by atoms with van der Waals surface area (Å²) in [4.78, 5) is 20.3. The lowest BCUT2D eigenvalue weighted by atomic mass is 10.2. The molecule has 0 unspecified atom stereocenters. The van der Waals surface area contributed by atoms with Crippen molar-refractivity contribution in [2.45, 2.75) is 6.92 Å². The molecule has 0 aliphatic carbocycles. The minimum atomic E-state index is -0.460. The summed E-state index contributed by atoms with van der Waals surface area (Å²) >= 11 is 6.10. The average molecular weight is 357 g/mol. The van der Waals surface area contributed by atoms with Crippen LogP contribution in [0.3, 0.4) is 0 Å². The molecule has 7 heteroatoms. The minimum absolute atomic E-state index is 0.153. The molecule has 0 aliphatic heterocycles. The number of nitrogens with zero attached hydrogens (tertiary/aromatic N) is 2. The van der Waals surface area contributed by atoms with Crippen molar-refractivity contribution in [1.82, 2.24) is 9.97 Å². The molecular formula is C18H14ClFN4O. The summed E-state index contributed by atoms with van der Waals surface area (Å²) in [6.45, 7) is 1.91. The van der Waals surface area contributed by atoms with Gasteiger partial charge in [0.15, 0.2) is 0 Å². The van der Waals surface area contributed by atoms with Crippen LogP contribution >= 0.6 is 11.6 Å². The van der Waals surface area contributed by atoms with Crippen molar-refractivity contribution in [1.29, 1.82) is 0 Å². The Morgan fingerprint density at radius 3 is 2.68 bits per heavy atom. The number of benzene rings is 2. The van der Waals surface area contributed by atoms with Crippen LogP contribution in [0.15, 0.2) is 54.9 Å². The number of nitrogens with one attached hydrogen (secondary N) is 2. The number of halogens is 2. The van der Waals surface area contributed by atoms with Gasteiger partial charge in [-0.05, 0) is 42.8 Å². The number of hydrogen-bond donors (Lipinski definition) is 2. The molecule has 25 heavy (non-hydrogen) atoms. The van der Waals surface area contributed by atoms with E-state index < -0.39 is 11.7 Å². The maximum absolute atomic E-state index is 13.2. The van der Waals surface area contributed by atoms with Gasteiger partial charge in [0.05, 0.1) is 0 Å². The van der Waals surface area contributed by atoms with E-state index in [0.717, 1.165) is 11.3 Å². The molecular weight excluding hydrogens is 343 g/mol. The first kappa shape index (κ1) is 16.9. The van der Waals surface area contributed by atoms with Crippen LogP contribution in [0.1, 0.15) is 16.1 Å². The van der Waals surface area contributed by atoms with Crippen LogP contribution in [0.4, 0.5) is 21.6 Å². The lowest BCUT2D eigenvalue weighted by molar-refractivity contribution is 0.102. The fourth-order valence-electron chi connectivity index (χ4n) is 2.13. The summed E-state index contributed by atoms with van der Waals surface area (Å²) in [5.41, 5.74) is 2.21. The van der Waals surface area contributed by atoms with Crippen molar-refractivity contribution in [3.63, 3.8) is 0 Å². The van der Waals surface area contributed by atoms with Crippen LogP contribution in [0.5, 0.6) is 0 Å². The highest BCUT2D eigenvalue weighted by Crippen LogP contribution is 2.22. The van der Waals surface area contributed by atoms with Crippen LogP contribution < -0.4 is 10.6 Å². The topological polar surface area (TPSA) is 66.9 Å².